The maximum absolute atomic E-state index is 10.4. The predicted molar refractivity (Wildman–Crippen MR) is 38.4 cm³/mol. The summed E-state index contributed by atoms with van der Waals surface area (Å²) in [6.07, 6.45) is 1.30. The van der Waals surface area contributed by atoms with Crippen LogP contribution in [0.15, 0.2) is 0 Å². The monoisotopic (exact) mass is 164 g/mol. The zero-order chi connectivity index (χ0) is 8.20. The molecule has 0 rings (SSSR count). The summed E-state index contributed by atoms with van der Waals surface area (Å²) in [4.78, 5) is 0. The van der Waals surface area contributed by atoms with Crippen LogP contribution in [-0.2, 0) is 9.13 Å². The zero-order valence-corrected chi connectivity index (χ0v) is 7.23. The third-order valence-electron chi connectivity index (χ3n) is 1.56. The molecule has 3 nitrogen and oxygen atoms in total. The van der Waals surface area contributed by atoms with Crippen molar-refractivity contribution in [2.24, 2.45) is 0 Å². The van der Waals surface area contributed by atoms with Gasteiger partial charge in [-0.3, -0.25) is 0 Å². The first-order chi connectivity index (χ1) is 4.56. The van der Waals surface area contributed by atoms with Crippen molar-refractivity contribution in [3.8, 4) is 0 Å². The van der Waals surface area contributed by atoms with E-state index < -0.39 is 13.0 Å². The fourth-order valence-corrected chi connectivity index (χ4v) is 1.46. The molecular formula is C6H13O3P. The molecule has 0 bridgehead atoms. The van der Waals surface area contributed by atoms with Crippen LogP contribution in [0.1, 0.15) is 33.1 Å². The van der Waals surface area contributed by atoms with Crippen molar-refractivity contribution in [1.82, 2.24) is 0 Å². The summed E-state index contributed by atoms with van der Waals surface area (Å²) >= 11 is 0. The third-order valence-corrected chi connectivity index (χ3v) is 2.78. The van der Waals surface area contributed by atoms with Gasteiger partial charge in [0.1, 0.15) is 0 Å². The first-order valence-corrected chi connectivity index (χ1v) is 4.61. The van der Waals surface area contributed by atoms with E-state index in [-0.39, 0.29) is 6.42 Å². The smallest absolute Gasteiger partial charge is 0.348 e. The highest BCUT2D eigenvalue weighted by molar-refractivity contribution is 7.32. The van der Waals surface area contributed by atoms with E-state index in [4.69, 9.17) is 0 Å². The van der Waals surface area contributed by atoms with Crippen molar-refractivity contribution in [2.75, 3.05) is 0 Å². The number of hydrogen-bond acceptors (Lipinski definition) is 3. The summed E-state index contributed by atoms with van der Waals surface area (Å²) < 4.78 is 20.9. The molecule has 0 aliphatic carbocycles. The number of rotatable bonds is 4. The normalized spacial score (nSPS) is 16.3. The molecule has 0 radical (unpaired) electrons. The van der Waals surface area contributed by atoms with E-state index in [1.54, 1.807) is 6.92 Å². The lowest BCUT2D eigenvalue weighted by Crippen LogP contribution is -2.19. The third kappa shape index (κ3) is 2.24. The molecule has 1 N–H and O–H groups in total. The van der Waals surface area contributed by atoms with Crippen LogP contribution in [0.5, 0.6) is 0 Å². The van der Waals surface area contributed by atoms with Gasteiger partial charge in [-0.05, 0) is 12.8 Å². The van der Waals surface area contributed by atoms with Crippen molar-refractivity contribution in [1.29, 1.82) is 0 Å². The molecule has 0 aromatic heterocycles. The first kappa shape index (κ1) is 9.86. The van der Waals surface area contributed by atoms with Crippen LogP contribution in [0.25, 0.3) is 0 Å². The summed E-state index contributed by atoms with van der Waals surface area (Å²) in [5.41, 5.74) is 0. The van der Waals surface area contributed by atoms with Crippen LogP contribution in [0, 0.1) is 0 Å². The molecule has 4 heteroatoms. The van der Waals surface area contributed by atoms with Crippen LogP contribution < -0.4 is 0 Å². The Hall–Kier alpha value is -0.140. The van der Waals surface area contributed by atoms with Crippen LogP contribution in [-0.4, -0.2) is 10.4 Å². The van der Waals surface area contributed by atoms with Crippen LogP contribution in [0.3, 0.4) is 0 Å². The van der Waals surface area contributed by atoms with E-state index in [1.165, 1.54) is 0 Å². The summed E-state index contributed by atoms with van der Waals surface area (Å²) in [6.45, 7) is 3.51. The fourth-order valence-electron chi connectivity index (χ4n) is 0.798. The highest BCUT2D eigenvalue weighted by Gasteiger charge is 2.29. The second kappa shape index (κ2) is 3.89. The molecule has 0 aliphatic rings. The quantitative estimate of drug-likeness (QED) is 0.647. The van der Waals surface area contributed by atoms with Gasteiger partial charge >= 0.3 is 7.68 Å². The second-order valence-corrected chi connectivity index (χ2v) is 3.69. The van der Waals surface area contributed by atoms with Crippen molar-refractivity contribution in [3.05, 3.63) is 0 Å². The van der Waals surface area contributed by atoms with Crippen LogP contribution >= 0.6 is 7.68 Å². The van der Waals surface area contributed by atoms with E-state index in [0.29, 0.717) is 12.8 Å². The van der Waals surface area contributed by atoms with Crippen molar-refractivity contribution >= 4 is 7.68 Å². The van der Waals surface area contributed by atoms with Gasteiger partial charge < -0.3 is 5.11 Å². The Morgan fingerprint density at radius 1 is 1.40 bits per heavy atom. The topological polar surface area (TPSA) is 54.4 Å². The van der Waals surface area contributed by atoms with Gasteiger partial charge in [-0.15, -0.1) is 0 Å². The molecule has 60 valence electrons. The Balaban J connectivity index is 4.23. The van der Waals surface area contributed by atoms with E-state index in [9.17, 15) is 14.2 Å². The standard InChI is InChI=1S/C6H13O3P/c1-3-5-6(7,4-2)10(8)9/h7H,3-5H2,1-2H3. The first-order valence-electron chi connectivity index (χ1n) is 3.43. The van der Waals surface area contributed by atoms with Crippen LogP contribution in [0.4, 0.5) is 0 Å². The van der Waals surface area contributed by atoms with E-state index in [2.05, 4.69) is 0 Å². The highest BCUT2D eigenvalue weighted by atomic mass is 31.1. The maximum atomic E-state index is 10.4. The number of aliphatic hydroxyl groups is 1. The minimum absolute atomic E-state index is 0.277. The average molecular weight is 164 g/mol. The Labute approximate surface area is 61.3 Å². The lowest BCUT2D eigenvalue weighted by Gasteiger charge is -2.15. The molecule has 1 unspecified atom stereocenters. The summed E-state index contributed by atoms with van der Waals surface area (Å²) in [6, 6.07) is 0. The molecule has 0 spiro atoms. The molecule has 0 saturated heterocycles. The summed E-state index contributed by atoms with van der Waals surface area (Å²) in [5.74, 6) is 0. The molecule has 0 heterocycles. The largest absolute Gasteiger partial charge is 0.375 e. The zero-order valence-electron chi connectivity index (χ0n) is 6.33. The highest BCUT2D eigenvalue weighted by Crippen LogP contribution is 2.33. The Morgan fingerprint density at radius 3 is 2.00 bits per heavy atom. The minimum atomic E-state index is -2.70. The molecule has 0 aromatic rings. The van der Waals surface area contributed by atoms with Crippen molar-refractivity contribution in [2.45, 2.75) is 38.5 Å². The SMILES string of the molecule is CCCC(O)(CC)P(=O)=O. The number of hydrogen-bond donors (Lipinski definition) is 1. The van der Waals surface area contributed by atoms with Gasteiger partial charge in [0.15, 0.2) is 5.34 Å². The van der Waals surface area contributed by atoms with E-state index in [0.717, 1.165) is 0 Å². The van der Waals surface area contributed by atoms with Gasteiger partial charge in [0, 0.05) is 0 Å². The van der Waals surface area contributed by atoms with E-state index in [1.807, 2.05) is 6.92 Å². The summed E-state index contributed by atoms with van der Waals surface area (Å²) in [5, 5.41) is 7.85. The van der Waals surface area contributed by atoms with Crippen LogP contribution in [0.2, 0.25) is 0 Å². The Kier molecular flexibility index (Phi) is 3.84. The van der Waals surface area contributed by atoms with Gasteiger partial charge in [-0.1, -0.05) is 20.3 Å². The van der Waals surface area contributed by atoms with Crippen molar-refractivity contribution < 1.29 is 14.2 Å². The summed E-state index contributed by atoms with van der Waals surface area (Å²) in [7, 11) is -2.70. The van der Waals surface area contributed by atoms with Gasteiger partial charge in [-0.2, -0.15) is 0 Å². The molecule has 0 aromatic carbocycles. The van der Waals surface area contributed by atoms with Crippen molar-refractivity contribution in [3.63, 3.8) is 0 Å². The fraction of sp³-hybridized carbons (Fsp3) is 1.00. The van der Waals surface area contributed by atoms with Gasteiger partial charge in [0.2, 0.25) is 0 Å². The molecule has 0 fully saturated rings. The van der Waals surface area contributed by atoms with Gasteiger partial charge in [-0.25, -0.2) is 9.13 Å². The van der Waals surface area contributed by atoms with Gasteiger partial charge in [0.25, 0.3) is 0 Å². The molecule has 0 aliphatic heterocycles. The Bertz CT molecular complexity index is 156. The molecule has 0 amide bonds. The lowest BCUT2D eigenvalue weighted by molar-refractivity contribution is 0.107. The maximum Gasteiger partial charge on any atom is 0.348 e. The predicted octanol–water partition coefficient (Wildman–Crippen LogP) is 2.06. The average Bonchev–Trinajstić information content (AvgIpc) is 1.88. The second-order valence-electron chi connectivity index (χ2n) is 2.34. The molecule has 0 saturated carbocycles. The van der Waals surface area contributed by atoms with Gasteiger partial charge in [0.05, 0.1) is 0 Å². The molecular weight excluding hydrogens is 151 g/mol. The lowest BCUT2D eigenvalue weighted by atomic mass is 10.1. The molecule has 10 heavy (non-hydrogen) atoms. The molecule has 1 atom stereocenters. The van der Waals surface area contributed by atoms with E-state index >= 15 is 0 Å². The Morgan fingerprint density at radius 2 is 1.90 bits per heavy atom. The minimum Gasteiger partial charge on any atom is -0.375 e.